The van der Waals surface area contributed by atoms with Crippen molar-refractivity contribution in [2.24, 2.45) is 0 Å². The van der Waals surface area contributed by atoms with Gasteiger partial charge in [0.2, 0.25) is 0 Å². The van der Waals surface area contributed by atoms with Crippen LogP contribution in [0.2, 0.25) is 0 Å². The van der Waals surface area contributed by atoms with Crippen molar-refractivity contribution in [3.63, 3.8) is 0 Å². The van der Waals surface area contributed by atoms with Gasteiger partial charge in [0.15, 0.2) is 0 Å². The average Bonchev–Trinajstić information content (AvgIpc) is 3.34. The van der Waals surface area contributed by atoms with Gasteiger partial charge in [-0.3, -0.25) is 0 Å². The van der Waals surface area contributed by atoms with Crippen molar-refractivity contribution in [3.8, 4) is 0 Å². The van der Waals surface area contributed by atoms with E-state index in [1.165, 1.54) is 16.7 Å². The van der Waals surface area contributed by atoms with Crippen LogP contribution in [-0.4, -0.2) is 0 Å². The number of rotatable bonds is 3. The number of hydrogen-bond donors (Lipinski definition) is 0. The zero-order chi connectivity index (χ0) is 14.1. The Kier molecular flexibility index (Phi) is 3.08. The monoisotopic (exact) mass is 288 g/mol. The molecule has 1 saturated heterocycles. The summed E-state index contributed by atoms with van der Waals surface area (Å²) in [7, 11) is 0. The zero-order valence-electron chi connectivity index (χ0n) is 11.6. The average molecular weight is 288 g/mol. The minimum atomic E-state index is 0.0733. The maximum Gasteiger partial charge on any atom is 0.0823 e. The molecule has 0 nitrogen and oxygen atoms in total. The molecule has 0 N–H and O–H groups in total. The summed E-state index contributed by atoms with van der Waals surface area (Å²) in [6.45, 7) is 0. The van der Waals surface area contributed by atoms with E-state index in [4.69, 9.17) is 0 Å². The first-order valence-corrected chi connectivity index (χ1v) is 8.13. The first kappa shape index (κ1) is 12.7. The molecule has 0 aliphatic carbocycles. The van der Waals surface area contributed by atoms with Crippen LogP contribution in [0, 0.1) is 0 Å². The third-order valence-corrected chi connectivity index (χ3v) is 5.81. The maximum absolute atomic E-state index is 2.25. The van der Waals surface area contributed by atoms with Crippen LogP contribution >= 0.6 is 11.8 Å². The normalized spacial score (nSPS) is 19.1. The van der Waals surface area contributed by atoms with Crippen LogP contribution in [0.15, 0.2) is 91.0 Å². The molecule has 0 bridgehead atoms. The Morgan fingerprint density at radius 3 is 1.48 bits per heavy atom. The maximum atomic E-state index is 2.25. The second-order valence-corrected chi connectivity index (χ2v) is 6.73. The second kappa shape index (κ2) is 5.09. The summed E-state index contributed by atoms with van der Waals surface area (Å²) in [5, 5.41) is 0.503. The van der Waals surface area contributed by atoms with Crippen LogP contribution in [0.4, 0.5) is 0 Å². The lowest BCUT2D eigenvalue weighted by molar-refractivity contribution is 0.824. The van der Waals surface area contributed by atoms with Crippen molar-refractivity contribution in [2.75, 3.05) is 0 Å². The van der Waals surface area contributed by atoms with Gasteiger partial charge in [0.05, 0.1) is 10.00 Å². The molecule has 0 spiro atoms. The van der Waals surface area contributed by atoms with Crippen LogP contribution in [0.3, 0.4) is 0 Å². The van der Waals surface area contributed by atoms with Gasteiger partial charge in [0.25, 0.3) is 0 Å². The fraction of sp³-hybridized carbons (Fsp3) is 0.100. The van der Waals surface area contributed by atoms with Crippen LogP contribution in [0.1, 0.15) is 21.9 Å². The Bertz CT molecular complexity index is 680. The minimum absolute atomic E-state index is 0.0733. The topological polar surface area (TPSA) is 0 Å². The van der Waals surface area contributed by atoms with Crippen molar-refractivity contribution in [1.29, 1.82) is 0 Å². The highest BCUT2D eigenvalue weighted by atomic mass is 32.2. The Labute approximate surface area is 129 Å². The molecule has 1 heteroatoms. The SMILES string of the molecule is c1ccc(C2SC2(c2ccccc2)c2ccccc2)cc1. The van der Waals surface area contributed by atoms with Crippen molar-refractivity contribution in [1.82, 2.24) is 0 Å². The summed E-state index contributed by atoms with van der Waals surface area (Å²) >= 11 is 2.04. The Morgan fingerprint density at radius 2 is 1.00 bits per heavy atom. The number of benzene rings is 3. The van der Waals surface area contributed by atoms with Gasteiger partial charge in [0, 0.05) is 0 Å². The molecule has 0 saturated carbocycles. The Hall–Kier alpha value is -1.99. The van der Waals surface area contributed by atoms with E-state index in [1.54, 1.807) is 0 Å². The fourth-order valence-corrected chi connectivity index (χ4v) is 4.61. The van der Waals surface area contributed by atoms with Crippen molar-refractivity contribution in [2.45, 2.75) is 10.00 Å². The summed E-state index contributed by atoms with van der Waals surface area (Å²) in [5.74, 6) is 0. The lowest BCUT2D eigenvalue weighted by Crippen LogP contribution is -2.10. The molecular formula is C20H16S. The fourth-order valence-electron chi connectivity index (χ4n) is 3.06. The molecule has 1 aliphatic heterocycles. The van der Waals surface area contributed by atoms with Crippen LogP contribution in [0.5, 0.6) is 0 Å². The van der Waals surface area contributed by atoms with Crippen LogP contribution in [-0.2, 0) is 4.75 Å². The van der Waals surface area contributed by atoms with Crippen molar-refractivity contribution < 1.29 is 0 Å². The largest absolute Gasteiger partial charge is 0.134 e. The molecule has 3 aromatic carbocycles. The third-order valence-electron chi connectivity index (χ3n) is 4.12. The summed E-state index contributed by atoms with van der Waals surface area (Å²) < 4.78 is 0.0733. The van der Waals surface area contributed by atoms with E-state index in [0.29, 0.717) is 5.25 Å². The van der Waals surface area contributed by atoms with Gasteiger partial charge in [-0.05, 0) is 16.7 Å². The molecule has 0 amide bonds. The molecule has 102 valence electrons. The predicted octanol–water partition coefficient (Wildman–Crippen LogP) is 5.42. The van der Waals surface area contributed by atoms with Gasteiger partial charge in [-0.1, -0.05) is 91.0 Å². The summed E-state index contributed by atoms with van der Waals surface area (Å²) in [5.41, 5.74) is 4.21. The third kappa shape index (κ3) is 2.09. The van der Waals surface area contributed by atoms with E-state index in [0.717, 1.165) is 0 Å². The van der Waals surface area contributed by atoms with Crippen LogP contribution < -0.4 is 0 Å². The lowest BCUT2D eigenvalue weighted by atomic mass is 9.86. The Balaban J connectivity index is 1.83. The first-order chi connectivity index (χ1) is 10.4. The zero-order valence-corrected chi connectivity index (χ0v) is 12.5. The van der Waals surface area contributed by atoms with E-state index in [1.807, 2.05) is 11.8 Å². The van der Waals surface area contributed by atoms with Gasteiger partial charge in [-0.2, -0.15) is 0 Å². The molecular weight excluding hydrogens is 272 g/mol. The highest BCUT2D eigenvalue weighted by Gasteiger charge is 2.58. The molecule has 1 fully saturated rings. The molecule has 1 unspecified atom stereocenters. The Morgan fingerprint density at radius 1 is 0.571 bits per heavy atom. The van der Waals surface area contributed by atoms with Gasteiger partial charge in [-0.15, -0.1) is 11.8 Å². The highest BCUT2D eigenvalue weighted by Crippen LogP contribution is 2.74. The summed E-state index contributed by atoms with van der Waals surface area (Å²) in [6, 6.07) is 32.6. The van der Waals surface area contributed by atoms with Gasteiger partial charge in [0.1, 0.15) is 0 Å². The van der Waals surface area contributed by atoms with E-state index in [-0.39, 0.29) is 4.75 Å². The second-order valence-electron chi connectivity index (χ2n) is 5.38. The lowest BCUT2D eigenvalue weighted by Gasteiger charge is -2.17. The van der Waals surface area contributed by atoms with E-state index in [9.17, 15) is 0 Å². The first-order valence-electron chi connectivity index (χ1n) is 7.25. The van der Waals surface area contributed by atoms with Crippen molar-refractivity contribution >= 4 is 11.8 Å². The van der Waals surface area contributed by atoms with Gasteiger partial charge >= 0.3 is 0 Å². The molecule has 21 heavy (non-hydrogen) atoms. The molecule has 1 heterocycles. The number of thioether (sulfide) groups is 1. The quantitative estimate of drug-likeness (QED) is 0.580. The molecule has 1 aliphatic rings. The molecule has 4 rings (SSSR count). The molecule has 3 aromatic rings. The van der Waals surface area contributed by atoms with Crippen molar-refractivity contribution in [3.05, 3.63) is 108 Å². The minimum Gasteiger partial charge on any atom is -0.134 e. The predicted molar refractivity (Wildman–Crippen MR) is 90.4 cm³/mol. The highest BCUT2D eigenvalue weighted by molar-refractivity contribution is 8.07. The standard InChI is InChI=1S/C20H16S/c1-4-10-16(11-5-1)19-20(21-19,17-12-6-2-7-13-17)18-14-8-3-9-15-18/h1-15,19H. The van der Waals surface area contributed by atoms with E-state index in [2.05, 4.69) is 91.0 Å². The molecule has 1 atom stereocenters. The van der Waals surface area contributed by atoms with Gasteiger partial charge in [-0.25, -0.2) is 0 Å². The van der Waals surface area contributed by atoms with E-state index < -0.39 is 0 Å². The van der Waals surface area contributed by atoms with E-state index >= 15 is 0 Å². The summed E-state index contributed by atoms with van der Waals surface area (Å²) in [4.78, 5) is 0. The smallest absolute Gasteiger partial charge is 0.0823 e. The molecule has 0 aromatic heterocycles. The van der Waals surface area contributed by atoms with Crippen LogP contribution in [0.25, 0.3) is 0 Å². The molecule has 0 radical (unpaired) electrons. The van der Waals surface area contributed by atoms with Gasteiger partial charge < -0.3 is 0 Å². The summed E-state index contributed by atoms with van der Waals surface area (Å²) in [6.07, 6.45) is 0. The number of hydrogen-bond acceptors (Lipinski definition) is 1.